The molecule has 0 N–H and O–H groups in total. The van der Waals surface area contributed by atoms with E-state index in [0.29, 0.717) is 17.1 Å². The third kappa shape index (κ3) is 5.03. The first-order valence-corrected chi connectivity index (χ1v) is 9.65. The largest absolute Gasteiger partial charge is 0.422 e. The van der Waals surface area contributed by atoms with Gasteiger partial charge < -0.3 is 9.47 Å². The number of rotatable bonds is 3. The van der Waals surface area contributed by atoms with Gasteiger partial charge in [0.25, 0.3) is 5.79 Å². The molecule has 0 spiro atoms. The van der Waals surface area contributed by atoms with Crippen LogP contribution in [0.5, 0.6) is 0 Å². The third-order valence-electron chi connectivity index (χ3n) is 4.75. The second-order valence-corrected chi connectivity index (χ2v) is 7.85. The quantitative estimate of drug-likeness (QED) is 0.450. The lowest BCUT2D eigenvalue weighted by Crippen LogP contribution is -2.48. The molecule has 3 rings (SSSR count). The monoisotopic (exact) mass is 389 g/mol. The standard InChI is InChI=1S/C21H24ClNO4/c1-21(2)26-19(24)18(20(25)27-21)17(15-8-6-9-16(22)14-15)10-7-13-23-11-4-3-5-12-23/h6,8-9,14,17-18H,3-5,11-13H2,1-2H3. The van der Waals surface area contributed by atoms with Crippen LogP contribution in [0, 0.1) is 17.8 Å². The molecule has 2 fully saturated rings. The van der Waals surface area contributed by atoms with Gasteiger partial charge in [0.05, 0.1) is 12.5 Å². The Bertz CT molecular complexity index is 754. The van der Waals surface area contributed by atoms with Gasteiger partial charge in [-0.2, -0.15) is 0 Å². The van der Waals surface area contributed by atoms with E-state index in [9.17, 15) is 9.59 Å². The molecule has 1 atom stereocenters. The zero-order chi connectivity index (χ0) is 19.4. The minimum absolute atomic E-state index is 0.521. The van der Waals surface area contributed by atoms with E-state index in [1.165, 1.54) is 33.1 Å². The van der Waals surface area contributed by atoms with Crippen molar-refractivity contribution >= 4 is 23.5 Å². The lowest BCUT2D eigenvalue weighted by atomic mass is 9.85. The predicted molar refractivity (Wildman–Crippen MR) is 102 cm³/mol. The molecule has 0 aromatic heterocycles. The van der Waals surface area contributed by atoms with E-state index >= 15 is 0 Å². The van der Waals surface area contributed by atoms with Crippen LogP contribution in [0.15, 0.2) is 24.3 Å². The molecule has 2 aliphatic heterocycles. The molecule has 0 amide bonds. The van der Waals surface area contributed by atoms with Crippen molar-refractivity contribution in [2.45, 2.75) is 44.8 Å². The van der Waals surface area contributed by atoms with Crippen LogP contribution >= 0.6 is 11.6 Å². The molecule has 0 radical (unpaired) electrons. The Morgan fingerprint density at radius 1 is 1.19 bits per heavy atom. The van der Waals surface area contributed by atoms with E-state index in [1.807, 2.05) is 6.07 Å². The van der Waals surface area contributed by atoms with Gasteiger partial charge in [-0.15, -0.1) is 0 Å². The Morgan fingerprint density at radius 3 is 2.48 bits per heavy atom. The molecule has 0 saturated carbocycles. The number of ether oxygens (including phenoxy) is 2. The average Bonchev–Trinajstić information content (AvgIpc) is 2.59. The average molecular weight is 390 g/mol. The van der Waals surface area contributed by atoms with Crippen LogP contribution < -0.4 is 0 Å². The molecule has 27 heavy (non-hydrogen) atoms. The Balaban J connectivity index is 1.86. The predicted octanol–water partition coefficient (Wildman–Crippen LogP) is 3.37. The highest BCUT2D eigenvalue weighted by Gasteiger charge is 2.47. The van der Waals surface area contributed by atoms with Crippen molar-refractivity contribution in [3.8, 4) is 11.8 Å². The fraction of sp³-hybridized carbons (Fsp3) is 0.524. The van der Waals surface area contributed by atoms with Crippen molar-refractivity contribution in [1.82, 2.24) is 4.90 Å². The number of carbonyl (C=O) groups is 2. The first kappa shape index (κ1) is 19.7. The summed E-state index contributed by atoms with van der Waals surface area (Å²) in [6, 6.07) is 7.05. The molecular weight excluding hydrogens is 366 g/mol. The molecule has 2 heterocycles. The highest BCUT2D eigenvalue weighted by atomic mass is 35.5. The highest BCUT2D eigenvalue weighted by Crippen LogP contribution is 2.34. The molecule has 1 aromatic carbocycles. The Kier molecular flexibility index (Phi) is 6.08. The van der Waals surface area contributed by atoms with Gasteiger partial charge >= 0.3 is 11.9 Å². The lowest BCUT2D eigenvalue weighted by molar-refractivity contribution is -0.240. The number of piperidine rings is 1. The van der Waals surface area contributed by atoms with Crippen LogP contribution in [0.2, 0.25) is 5.02 Å². The van der Waals surface area contributed by atoms with E-state index in [2.05, 4.69) is 16.7 Å². The smallest absolute Gasteiger partial charge is 0.325 e. The van der Waals surface area contributed by atoms with Crippen molar-refractivity contribution < 1.29 is 19.1 Å². The summed E-state index contributed by atoms with van der Waals surface area (Å²) in [6.07, 6.45) is 3.61. The second-order valence-electron chi connectivity index (χ2n) is 7.41. The summed E-state index contributed by atoms with van der Waals surface area (Å²) in [5.41, 5.74) is 0.701. The summed E-state index contributed by atoms with van der Waals surface area (Å²) in [7, 11) is 0. The number of nitrogens with zero attached hydrogens (tertiary/aromatic N) is 1. The second kappa shape index (κ2) is 8.33. The van der Waals surface area contributed by atoms with Gasteiger partial charge in [-0.1, -0.05) is 42.0 Å². The fourth-order valence-electron chi connectivity index (χ4n) is 3.44. The summed E-state index contributed by atoms with van der Waals surface area (Å²) < 4.78 is 10.6. The van der Waals surface area contributed by atoms with Crippen LogP contribution in [0.4, 0.5) is 0 Å². The summed E-state index contributed by atoms with van der Waals surface area (Å²) in [5.74, 6) is 1.99. The number of halogens is 1. The van der Waals surface area contributed by atoms with E-state index in [0.717, 1.165) is 13.1 Å². The zero-order valence-corrected chi connectivity index (χ0v) is 16.4. The number of benzene rings is 1. The topological polar surface area (TPSA) is 55.8 Å². The SMILES string of the molecule is CC1(C)OC(=O)C(C(C#CCN2CCCCC2)c2cccc(Cl)c2)C(=O)O1. The number of esters is 2. The van der Waals surface area contributed by atoms with Gasteiger partial charge in [-0.05, 0) is 43.6 Å². The first-order chi connectivity index (χ1) is 12.9. The van der Waals surface area contributed by atoms with Gasteiger partial charge in [-0.25, -0.2) is 0 Å². The number of hydrogen-bond donors (Lipinski definition) is 0. The molecule has 144 valence electrons. The summed E-state index contributed by atoms with van der Waals surface area (Å²) >= 11 is 6.11. The van der Waals surface area contributed by atoms with Crippen LogP contribution in [0.3, 0.4) is 0 Å². The number of likely N-dealkylation sites (tertiary alicyclic amines) is 1. The maximum absolute atomic E-state index is 12.6. The number of carbonyl (C=O) groups excluding carboxylic acids is 2. The van der Waals surface area contributed by atoms with Gasteiger partial charge in [0.1, 0.15) is 0 Å². The van der Waals surface area contributed by atoms with Crippen molar-refractivity contribution in [3.05, 3.63) is 34.9 Å². The lowest BCUT2D eigenvalue weighted by Gasteiger charge is -2.34. The molecule has 2 saturated heterocycles. The molecule has 0 aliphatic carbocycles. The maximum Gasteiger partial charge on any atom is 0.325 e. The van der Waals surface area contributed by atoms with Crippen molar-refractivity contribution in [3.63, 3.8) is 0 Å². The summed E-state index contributed by atoms with van der Waals surface area (Å²) in [6.45, 7) is 5.74. The molecule has 0 bridgehead atoms. The normalized spacial score (nSPS) is 21.6. The molecule has 1 unspecified atom stereocenters. The number of cyclic esters (lactones) is 2. The van der Waals surface area contributed by atoms with Crippen LogP contribution in [-0.4, -0.2) is 42.3 Å². The van der Waals surface area contributed by atoms with Gasteiger partial charge in [0, 0.05) is 18.9 Å². The van der Waals surface area contributed by atoms with Crippen molar-refractivity contribution in [2.24, 2.45) is 5.92 Å². The zero-order valence-electron chi connectivity index (χ0n) is 15.7. The molecule has 6 heteroatoms. The minimum Gasteiger partial charge on any atom is -0.422 e. The Hall–Kier alpha value is -2.03. The molecular formula is C21H24ClNO4. The Labute approximate surface area is 165 Å². The van der Waals surface area contributed by atoms with Crippen molar-refractivity contribution in [2.75, 3.05) is 19.6 Å². The molecule has 2 aliphatic rings. The van der Waals surface area contributed by atoms with Gasteiger partial charge in [-0.3, -0.25) is 14.5 Å². The fourth-order valence-corrected chi connectivity index (χ4v) is 3.64. The first-order valence-electron chi connectivity index (χ1n) is 9.28. The van der Waals surface area contributed by atoms with Gasteiger partial charge in [0.2, 0.25) is 0 Å². The highest BCUT2D eigenvalue weighted by molar-refractivity contribution is 6.30. The summed E-state index contributed by atoms with van der Waals surface area (Å²) in [4.78, 5) is 27.4. The van der Waals surface area contributed by atoms with E-state index < -0.39 is 29.6 Å². The molecule has 1 aromatic rings. The van der Waals surface area contributed by atoms with E-state index in [-0.39, 0.29) is 0 Å². The molecule has 5 nitrogen and oxygen atoms in total. The third-order valence-corrected chi connectivity index (χ3v) is 4.99. The van der Waals surface area contributed by atoms with Crippen LogP contribution in [0.25, 0.3) is 0 Å². The van der Waals surface area contributed by atoms with E-state index in [1.54, 1.807) is 18.2 Å². The van der Waals surface area contributed by atoms with E-state index in [4.69, 9.17) is 21.1 Å². The Morgan fingerprint density at radius 2 is 1.85 bits per heavy atom. The van der Waals surface area contributed by atoms with Gasteiger partial charge in [0.15, 0.2) is 5.92 Å². The summed E-state index contributed by atoms with van der Waals surface area (Å²) in [5, 5.41) is 0.521. The minimum atomic E-state index is -1.26. The van der Waals surface area contributed by atoms with Crippen molar-refractivity contribution in [1.29, 1.82) is 0 Å². The van der Waals surface area contributed by atoms with Crippen LogP contribution in [0.1, 0.15) is 44.6 Å². The van der Waals surface area contributed by atoms with Crippen LogP contribution in [-0.2, 0) is 19.1 Å². The maximum atomic E-state index is 12.6. The number of hydrogen-bond acceptors (Lipinski definition) is 5.